The fourth-order valence-corrected chi connectivity index (χ4v) is 2.33. The van der Waals surface area contributed by atoms with Crippen LogP contribution in [0, 0.1) is 5.92 Å². The van der Waals surface area contributed by atoms with Gasteiger partial charge in [0.2, 0.25) is 0 Å². The Labute approximate surface area is 104 Å². The molecule has 18 heavy (non-hydrogen) atoms. The third-order valence-corrected chi connectivity index (χ3v) is 3.36. The lowest BCUT2D eigenvalue weighted by molar-refractivity contribution is -0.138. The van der Waals surface area contributed by atoms with Crippen molar-refractivity contribution < 1.29 is 18.3 Å². The van der Waals surface area contributed by atoms with E-state index in [1.54, 1.807) is 6.07 Å². The first-order valence-electron chi connectivity index (χ1n) is 5.97. The van der Waals surface area contributed by atoms with Gasteiger partial charge in [-0.15, -0.1) is 0 Å². The van der Waals surface area contributed by atoms with Gasteiger partial charge < -0.3 is 10.0 Å². The van der Waals surface area contributed by atoms with E-state index in [9.17, 15) is 13.2 Å². The zero-order chi connectivity index (χ0) is 13.3. The van der Waals surface area contributed by atoms with Crippen LogP contribution < -0.4 is 4.90 Å². The van der Waals surface area contributed by atoms with Crippen LogP contribution >= 0.6 is 0 Å². The summed E-state index contributed by atoms with van der Waals surface area (Å²) in [5, 5.41) is 8.97. The van der Waals surface area contributed by atoms with Crippen LogP contribution in [0.5, 0.6) is 0 Å². The first-order valence-corrected chi connectivity index (χ1v) is 5.97. The molecule has 0 radical (unpaired) electrons. The van der Waals surface area contributed by atoms with Crippen LogP contribution in [0.15, 0.2) is 18.2 Å². The molecule has 1 atom stereocenters. The summed E-state index contributed by atoms with van der Waals surface area (Å²) in [6, 6.07) is 4.16. The topological polar surface area (TPSA) is 23.5 Å². The largest absolute Gasteiger partial charge is 0.416 e. The molecule has 1 aliphatic heterocycles. The Morgan fingerprint density at radius 3 is 2.61 bits per heavy atom. The minimum absolute atomic E-state index is 0.0708. The number of anilines is 1. The smallest absolute Gasteiger partial charge is 0.392 e. The number of aliphatic hydroxyl groups is 1. The molecule has 0 aliphatic carbocycles. The van der Waals surface area contributed by atoms with Gasteiger partial charge in [0, 0.05) is 18.8 Å². The summed E-state index contributed by atoms with van der Waals surface area (Å²) in [5.41, 5.74) is -0.218. The van der Waals surface area contributed by atoms with E-state index in [2.05, 4.69) is 6.92 Å². The van der Waals surface area contributed by atoms with Crippen LogP contribution in [0.4, 0.5) is 18.9 Å². The molecule has 2 rings (SSSR count). The highest BCUT2D eigenvalue weighted by molar-refractivity contribution is 5.52. The van der Waals surface area contributed by atoms with E-state index in [1.807, 2.05) is 4.90 Å². The molecular formula is C13H16F3NO. The fraction of sp³-hybridized carbons (Fsp3) is 0.538. The molecule has 1 aliphatic rings. The Hall–Kier alpha value is -1.23. The Morgan fingerprint density at radius 2 is 2.11 bits per heavy atom. The first kappa shape index (κ1) is 13.2. The monoisotopic (exact) mass is 259 g/mol. The van der Waals surface area contributed by atoms with Gasteiger partial charge in [-0.05, 0) is 30.0 Å². The average molecular weight is 259 g/mol. The number of aliphatic hydroxyl groups excluding tert-OH is 1. The number of benzene rings is 1. The summed E-state index contributed by atoms with van der Waals surface area (Å²) < 4.78 is 38.5. The lowest BCUT2D eigenvalue weighted by Gasteiger charge is -2.21. The van der Waals surface area contributed by atoms with Crippen molar-refractivity contribution in [1.82, 2.24) is 0 Å². The molecule has 0 amide bonds. The molecule has 5 heteroatoms. The minimum Gasteiger partial charge on any atom is -0.392 e. The Morgan fingerprint density at radius 1 is 1.39 bits per heavy atom. The molecule has 100 valence electrons. The normalized spacial score (nSPS) is 20.5. The maximum absolute atomic E-state index is 12.8. The van der Waals surface area contributed by atoms with E-state index in [1.165, 1.54) is 6.07 Å². The summed E-state index contributed by atoms with van der Waals surface area (Å²) >= 11 is 0. The molecule has 0 spiro atoms. The van der Waals surface area contributed by atoms with Crippen molar-refractivity contribution in [2.24, 2.45) is 5.92 Å². The summed E-state index contributed by atoms with van der Waals surface area (Å²) in [6.07, 6.45) is -3.41. The Balaban J connectivity index is 2.34. The second-order valence-electron chi connectivity index (χ2n) is 4.84. The number of rotatable bonds is 2. The molecule has 0 bridgehead atoms. The summed E-state index contributed by atoms with van der Waals surface area (Å²) in [5.74, 6) is 0.511. The predicted molar refractivity (Wildman–Crippen MR) is 63.4 cm³/mol. The average Bonchev–Trinajstić information content (AvgIpc) is 2.74. The summed E-state index contributed by atoms with van der Waals surface area (Å²) in [6.45, 7) is 3.07. The second kappa shape index (κ2) is 4.80. The van der Waals surface area contributed by atoms with Crippen molar-refractivity contribution in [3.05, 3.63) is 29.3 Å². The van der Waals surface area contributed by atoms with Gasteiger partial charge in [-0.25, -0.2) is 0 Å². The van der Waals surface area contributed by atoms with Gasteiger partial charge in [0.1, 0.15) is 0 Å². The van der Waals surface area contributed by atoms with Crippen molar-refractivity contribution >= 4 is 5.69 Å². The quantitative estimate of drug-likeness (QED) is 0.882. The summed E-state index contributed by atoms with van der Waals surface area (Å²) in [4.78, 5) is 1.96. The van der Waals surface area contributed by atoms with Crippen molar-refractivity contribution in [2.75, 3.05) is 18.0 Å². The van der Waals surface area contributed by atoms with Gasteiger partial charge in [0.25, 0.3) is 0 Å². The van der Waals surface area contributed by atoms with Gasteiger partial charge in [-0.2, -0.15) is 13.2 Å². The van der Waals surface area contributed by atoms with Crippen LogP contribution in [-0.4, -0.2) is 18.2 Å². The minimum atomic E-state index is -4.42. The first-order chi connectivity index (χ1) is 8.41. The van der Waals surface area contributed by atoms with Crippen molar-refractivity contribution in [3.8, 4) is 0 Å². The van der Waals surface area contributed by atoms with E-state index in [0.29, 0.717) is 11.6 Å². The Kier molecular flexibility index (Phi) is 3.52. The highest BCUT2D eigenvalue weighted by Gasteiger charge is 2.34. The summed E-state index contributed by atoms with van der Waals surface area (Å²) in [7, 11) is 0. The molecule has 1 aromatic carbocycles. The van der Waals surface area contributed by atoms with Gasteiger partial charge in [0.15, 0.2) is 0 Å². The third-order valence-electron chi connectivity index (χ3n) is 3.36. The van der Waals surface area contributed by atoms with E-state index in [-0.39, 0.29) is 5.56 Å². The van der Waals surface area contributed by atoms with Gasteiger partial charge in [-0.3, -0.25) is 0 Å². The SMILES string of the molecule is CC1CCN(c2ccc(CO)c(C(F)(F)F)c2)C1. The zero-order valence-electron chi connectivity index (χ0n) is 10.2. The van der Waals surface area contributed by atoms with E-state index in [0.717, 1.165) is 25.6 Å². The van der Waals surface area contributed by atoms with Crippen LogP contribution in [0.3, 0.4) is 0 Å². The fourth-order valence-electron chi connectivity index (χ4n) is 2.33. The molecule has 0 saturated carbocycles. The van der Waals surface area contributed by atoms with Gasteiger partial charge >= 0.3 is 6.18 Å². The van der Waals surface area contributed by atoms with E-state index in [4.69, 9.17) is 5.11 Å². The van der Waals surface area contributed by atoms with Crippen molar-refractivity contribution in [1.29, 1.82) is 0 Å². The molecule has 0 aromatic heterocycles. The number of halogens is 3. The van der Waals surface area contributed by atoms with Crippen molar-refractivity contribution in [2.45, 2.75) is 26.1 Å². The maximum atomic E-state index is 12.8. The Bertz CT molecular complexity index is 431. The van der Waals surface area contributed by atoms with Crippen LogP contribution in [0.25, 0.3) is 0 Å². The van der Waals surface area contributed by atoms with E-state index < -0.39 is 18.3 Å². The zero-order valence-corrected chi connectivity index (χ0v) is 10.2. The van der Waals surface area contributed by atoms with Gasteiger partial charge in [0.05, 0.1) is 12.2 Å². The lowest BCUT2D eigenvalue weighted by atomic mass is 10.1. The molecular weight excluding hydrogens is 243 g/mol. The van der Waals surface area contributed by atoms with Crippen LogP contribution in [0.1, 0.15) is 24.5 Å². The third kappa shape index (κ3) is 2.61. The lowest BCUT2D eigenvalue weighted by Crippen LogP contribution is -2.20. The standard InChI is InChI=1S/C13H16F3NO/c1-9-4-5-17(7-9)11-3-2-10(8-18)12(6-11)13(14,15)16/h2-3,6,9,18H,4-5,7-8H2,1H3. The molecule has 1 N–H and O–H groups in total. The molecule has 1 unspecified atom stereocenters. The molecule has 1 heterocycles. The van der Waals surface area contributed by atoms with Crippen molar-refractivity contribution in [3.63, 3.8) is 0 Å². The highest BCUT2D eigenvalue weighted by atomic mass is 19.4. The van der Waals surface area contributed by atoms with Crippen LogP contribution in [-0.2, 0) is 12.8 Å². The number of hydrogen-bond donors (Lipinski definition) is 1. The number of hydrogen-bond acceptors (Lipinski definition) is 2. The molecule has 2 nitrogen and oxygen atoms in total. The van der Waals surface area contributed by atoms with Crippen LogP contribution in [0.2, 0.25) is 0 Å². The maximum Gasteiger partial charge on any atom is 0.416 e. The second-order valence-corrected chi connectivity index (χ2v) is 4.84. The number of nitrogens with zero attached hydrogens (tertiary/aromatic N) is 1. The predicted octanol–water partition coefficient (Wildman–Crippen LogP) is 3.04. The van der Waals surface area contributed by atoms with E-state index >= 15 is 0 Å². The molecule has 1 fully saturated rings. The molecule has 1 saturated heterocycles. The molecule has 1 aromatic rings. The number of alkyl halides is 3. The highest BCUT2D eigenvalue weighted by Crippen LogP contribution is 2.35. The van der Waals surface area contributed by atoms with Gasteiger partial charge in [-0.1, -0.05) is 13.0 Å².